The van der Waals surface area contributed by atoms with Crippen LogP contribution in [0, 0.1) is 40.4 Å². The van der Waals surface area contributed by atoms with Crippen LogP contribution in [0.2, 0.25) is 5.02 Å². The van der Waals surface area contributed by atoms with E-state index in [0.29, 0.717) is 5.39 Å². The molecule has 0 spiro atoms. The normalized spacial score (nSPS) is 15.8. The van der Waals surface area contributed by atoms with Gasteiger partial charge in [0.2, 0.25) is 11.7 Å². The van der Waals surface area contributed by atoms with Crippen molar-refractivity contribution in [2.75, 3.05) is 0 Å². The number of rotatable bonds is 1. The summed E-state index contributed by atoms with van der Waals surface area (Å²) < 4.78 is 75.7. The fourth-order valence-corrected chi connectivity index (χ4v) is 3.54. The van der Waals surface area contributed by atoms with Gasteiger partial charge in [-0.1, -0.05) is 11.6 Å². The average Bonchev–Trinajstić information content (AvgIpc) is 2.72. The van der Waals surface area contributed by atoms with Crippen molar-refractivity contribution in [1.82, 2.24) is 4.98 Å². The van der Waals surface area contributed by atoms with Gasteiger partial charge in [0.05, 0.1) is 10.9 Å². The molecule has 29 heavy (non-hydrogen) atoms. The third-order valence-corrected chi connectivity index (χ3v) is 4.87. The van der Waals surface area contributed by atoms with Crippen molar-refractivity contribution in [3.8, 4) is 11.8 Å². The van der Waals surface area contributed by atoms with E-state index in [4.69, 9.17) is 22.1 Å². The van der Waals surface area contributed by atoms with Crippen LogP contribution in [0.25, 0.3) is 10.9 Å². The highest BCUT2D eigenvalue weighted by Crippen LogP contribution is 2.48. The summed E-state index contributed by atoms with van der Waals surface area (Å²) in [5, 5.41) is 9.92. The first-order valence-corrected chi connectivity index (χ1v) is 8.31. The summed E-state index contributed by atoms with van der Waals surface area (Å²) in [6.45, 7) is 0. The Bertz CT molecular complexity index is 1260. The van der Waals surface area contributed by atoms with Crippen molar-refractivity contribution in [2.24, 2.45) is 5.73 Å². The van der Waals surface area contributed by atoms with E-state index < -0.39 is 52.0 Å². The minimum atomic E-state index is -2.32. The van der Waals surface area contributed by atoms with Crippen LogP contribution in [0.3, 0.4) is 0 Å². The van der Waals surface area contributed by atoms with Gasteiger partial charge in [-0.15, -0.1) is 0 Å². The number of fused-ring (bicyclic) bond motifs is 3. The van der Waals surface area contributed by atoms with Gasteiger partial charge in [0.25, 0.3) is 0 Å². The van der Waals surface area contributed by atoms with Gasteiger partial charge in [0.1, 0.15) is 17.2 Å². The van der Waals surface area contributed by atoms with Gasteiger partial charge < -0.3 is 10.5 Å². The summed E-state index contributed by atoms with van der Waals surface area (Å²) in [6.07, 6.45) is 1.38. The first-order valence-electron chi connectivity index (χ1n) is 7.93. The number of nitriles is 1. The van der Waals surface area contributed by atoms with Crippen LogP contribution in [0.5, 0.6) is 5.75 Å². The maximum Gasteiger partial charge on any atom is 0.205 e. The van der Waals surface area contributed by atoms with Crippen molar-refractivity contribution >= 4 is 22.5 Å². The maximum atomic E-state index is 14.5. The lowest BCUT2D eigenvalue weighted by atomic mass is 9.82. The predicted molar refractivity (Wildman–Crippen MR) is 92.3 cm³/mol. The predicted octanol–water partition coefficient (Wildman–Crippen LogP) is 4.80. The molecule has 10 heteroatoms. The van der Waals surface area contributed by atoms with Gasteiger partial charge in [-0.05, 0) is 18.2 Å². The monoisotopic (exact) mass is 423 g/mol. The largest absolute Gasteiger partial charge is 0.438 e. The Kier molecular flexibility index (Phi) is 4.31. The van der Waals surface area contributed by atoms with Gasteiger partial charge >= 0.3 is 0 Å². The Balaban J connectivity index is 2.15. The summed E-state index contributed by atoms with van der Waals surface area (Å²) in [5.41, 5.74) is 3.99. The topological polar surface area (TPSA) is 71.9 Å². The zero-order chi connectivity index (χ0) is 21.0. The Hall–Kier alpha value is -3.38. The summed E-state index contributed by atoms with van der Waals surface area (Å²) in [7, 11) is 0. The number of ether oxygens (including phenoxy) is 1. The SMILES string of the molecule is N#CC1=C(N)Oc2c(cc(Cl)c3cccnc23)C1c1c(F)c(F)c(F)c(F)c1F. The molecule has 4 nitrogen and oxygen atoms in total. The first kappa shape index (κ1) is 19.0. The number of hydrogen-bond donors (Lipinski definition) is 1. The second-order valence-corrected chi connectivity index (χ2v) is 6.49. The molecule has 3 aromatic rings. The molecule has 0 bridgehead atoms. The van der Waals surface area contributed by atoms with E-state index in [2.05, 4.69) is 4.98 Å². The van der Waals surface area contributed by atoms with Crippen LogP contribution in [-0.2, 0) is 0 Å². The number of allylic oxidation sites excluding steroid dienone is 1. The molecule has 2 aromatic carbocycles. The van der Waals surface area contributed by atoms with E-state index in [0.717, 1.165) is 0 Å². The Morgan fingerprint density at radius 2 is 1.69 bits per heavy atom. The van der Waals surface area contributed by atoms with E-state index in [1.165, 1.54) is 12.3 Å². The third-order valence-electron chi connectivity index (χ3n) is 4.55. The molecule has 0 aliphatic carbocycles. The second-order valence-electron chi connectivity index (χ2n) is 6.08. The van der Waals surface area contributed by atoms with Gasteiger partial charge in [0, 0.05) is 22.7 Å². The van der Waals surface area contributed by atoms with Crippen molar-refractivity contribution in [3.63, 3.8) is 0 Å². The van der Waals surface area contributed by atoms with Gasteiger partial charge in [-0.2, -0.15) is 5.26 Å². The molecule has 1 unspecified atom stereocenters. The molecular weight excluding hydrogens is 417 g/mol. The summed E-state index contributed by atoms with van der Waals surface area (Å²) in [4.78, 5) is 4.10. The molecule has 1 aliphatic heterocycles. The molecule has 0 amide bonds. The lowest BCUT2D eigenvalue weighted by Crippen LogP contribution is -2.24. The van der Waals surface area contributed by atoms with Gasteiger partial charge in [-0.25, -0.2) is 22.0 Å². The molecular formula is C19H7ClF5N3O. The highest BCUT2D eigenvalue weighted by atomic mass is 35.5. The van der Waals surface area contributed by atoms with Gasteiger partial charge in [0.15, 0.2) is 29.0 Å². The molecule has 0 saturated heterocycles. The van der Waals surface area contributed by atoms with Gasteiger partial charge in [-0.3, -0.25) is 4.98 Å². The fourth-order valence-electron chi connectivity index (χ4n) is 3.27. The summed E-state index contributed by atoms with van der Waals surface area (Å²) >= 11 is 6.22. The quantitative estimate of drug-likeness (QED) is 0.346. The van der Waals surface area contributed by atoms with Crippen LogP contribution in [0.1, 0.15) is 17.0 Å². The molecule has 0 radical (unpaired) electrons. The van der Waals surface area contributed by atoms with Crippen LogP contribution in [-0.4, -0.2) is 4.98 Å². The highest BCUT2D eigenvalue weighted by molar-refractivity contribution is 6.35. The van der Waals surface area contributed by atoms with Crippen LogP contribution in [0.15, 0.2) is 35.9 Å². The lowest BCUT2D eigenvalue weighted by Gasteiger charge is -2.28. The smallest absolute Gasteiger partial charge is 0.205 e. The molecule has 146 valence electrons. The number of halogens is 6. The number of benzene rings is 2. The summed E-state index contributed by atoms with van der Waals surface area (Å²) in [5.74, 6) is -13.2. The Morgan fingerprint density at radius 1 is 1.07 bits per heavy atom. The van der Waals surface area contributed by atoms with E-state index in [-0.39, 0.29) is 21.9 Å². The Labute approximate surface area is 164 Å². The molecule has 2 heterocycles. The van der Waals surface area contributed by atoms with Crippen LogP contribution < -0.4 is 10.5 Å². The lowest BCUT2D eigenvalue weighted by molar-refractivity contribution is 0.362. The molecule has 0 saturated carbocycles. The van der Waals surface area contributed by atoms with Crippen molar-refractivity contribution in [2.45, 2.75) is 5.92 Å². The maximum absolute atomic E-state index is 14.5. The fraction of sp³-hybridized carbons (Fsp3) is 0.0526. The molecule has 1 atom stereocenters. The minimum Gasteiger partial charge on any atom is -0.438 e. The van der Waals surface area contributed by atoms with E-state index in [1.807, 2.05) is 0 Å². The van der Waals surface area contributed by atoms with Crippen LogP contribution >= 0.6 is 11.6 Å². The average molecular weight is 424 g/mol. The number of nitrogens with two attached hydrogens (primary N) is 1. The second kappa shape index (κ2) is 6.60. The molecule has 1 aliphatic rings. The zero-order valence-electron chi connectivity index (χ0n) is 14.0. The number of pyridine rings is 1. The van der Waals surface area contributed by atoms with E-state index in [9.17, 15) is 27.2 Å². The standard InChI is InChI=1S/C19H7ClF5N3O/c20-9-4-7-10(11-12(21)14(23)16(25)15(24)13(11)22)8(5-26)19(27)29-18(7)17-6(9)2-1-3-28-17/h1-4,10H,27H2. The molecule has 2 N–H and O–H groups in total. The number of aromatic nitrogens is 1. The van der Waals surface area contributed by atoms with E-state index in [1.54, 1.807) is 18.2 Å². The van der Waals surface area contributed by atoms with Crippen LogP contribution in [0.4, 0.5) is 22.0 Å². The molecule has 1 aromatic heterocycles. The third kappa shape index (κ3) is 2.60. The van der Waals surface area contributed by atoms with Crippen molar-refractivity contribution < 1.29 is 26.7 Å². The van der Waals surface area contributed by atoms with E-state index >= 15 is 0 Å². The van der Waals surface area contributed by atoms with Crippen molar-refractivity contribution in [3.05, 3.63) is 81.1 Å². The first-order chi connectivity index (χ1) is 13.8. The highest BCUT2D eigenvalue weighted by Gasteiger charge is 2.39. The molecule has 0 fully saturated rings. The number of hydrogen-bond acceptors (Lipinski definition) is 4. The number of nitrogens with zero attached hydrogens (tertiary/aromatic N) is 2. The zero-order valence-corrected chi connectivity index (χ0v) is 14.8. The summed E-state index contributed by atoms with van der Waals surface area (Å²) in [6, 6.07) is 5.99. The Morgan fingerprint density at radius 3 is 2.31 bits per heavy atom. The molecule has 4 rings (SSSR count). The van der Waals surface area contributed by atoms with Crippen molar-refractivity contribution in [1.29, 1.82) is 5.26 Å². The minimum absolute atomic E-state index is 0.0714.